The zero-order valence-electron chi connectivity index (χ0n) is 20.4. The van der Waals surface area contributed by atoms with E-state index in [1.54, 1.807) is 6.08 Å². The number of hydrogen-bond donors (Lipinski definition) is 0. The van der Waals surface area contributed by atoms with Crippen LogP contribution >= 0.6 is 0 Å². The van der Waals surface area contributed by atoms with Crippen molar-refractivity contribution in [2.75, 3.05) is 9.80 Å². The van der Waals surface area contributed by atoms with Crippen LogP contribution < -0.4 is 9.80 Å². The molecule has 0 N–H and O–H groups in total. The van der Waals surface area contributed by atoms with Gasteiger partial charge in [-0.15, -0.1) is 0 Å². The van der Waals surface area contributed by atoms with Gasteiger partial charge in [-0.3, -0.25) is 0 Å². The summed E-state index contributed by atoms with van der Waals surface area (Å²) in [6.45, 7) is 22.3. The van der Waals surface area contributed by atoms with E-state index in [1.807, 2.05) is 63.3 Å². The maximum atomic E-state index is 4.26. The van der Waals surface area contributed by atoms with Gasteiger partial charge in [-0.2, -0.15) is 0 Å². The van der Waals surface area contributed by atoms with E-state index in [9.17, 15) is 0 Å². The Hall–Kier alpha value is -3.52. The molecule has 0 aliphatic heterocycles. The molecule has 0 spiro atoms. The summed E-state index contributed by atoms with van der Waals surface area (Å²) in [5.74, 6) is 0. The molecule has 168 valence electrons. The second kappa shape index (κ2) is 14.5. The first-order valence-corrected chi connectivity index (χ1v) is 11.3. The molecule has 0 amide bonds. The number of para-hydroxylation sites is 1. The van der Waals surface area contributed by atoms with Gasteiger partial charge < -0.3 is 9.80 Å². The van der Waals surface area contributed by atoms with Crippen LogP contribution in [0.4, 0.5) is 17.1 Å². The van der Waals surface area contributed by atoms with Crippen LogP contribution in [-0.2, 0) is 0 Å². The minimum atomic E-state index is 0.924. The number of benzene rings is 2. The topological polar surface area (TPSA) is 6.48 Å². The van der Waals surface area contributed by atoms with Gasteiger partial charge in [-0.05, 0) is 74.9 Å². The van der Waals surface area contributed by atoms with Gasteiger partial charge in [-0.1, -0.05) is 76.9 Å². The minimum Gasteiger partial charge on any atom is -0.315 e. The lowest BCUT2D eigenvalue weighted by molar-refractivity contribution is 0.980. The Morgan fingerprint density at radius 2 is 1.44 bits per heavy atom. The Morgan fingerprint density at radius 3 is 1.91 bits per heavy atom. The van der Waals surface area contributed by atoms with Gasteiger partial charge in [0.15, 0.2) is 0 Å². The first-order valence-electron chi connectivity index (χ1n) is 11.3. The fourth-order valence-electron chi connectivity index (χ4n) is 3.40. The Kier molecular flexibility index (Phi) is 12.0. The van der Waals surface area contributed by atoms with E-state index in [4.69, 9.17) is 0 Å². The zero-order valence-corrected chi connectivity index (χ0v) is 20.4. The third-order valence-electron chi connectivity index (χ3n) is 4.77. The van der Waals surface area contributed by atoms with Crippen LogP contribution in [0.5, 0.6) is 0 Å². The van der Waals surface area contributed by atoms with E-state index in [0.29, 0.717) is 0 Å². The summed E-state index contributed by atoms with van der Waals surface area (Å²) in [5.41, 5.74) is 6.31. The van der Waals surface area contributed by atoms with Crippen molar-refractivity contribution < 1.29 is 0 Å². The van der Waals surface area contributed by atoms with E-state index in [1.165, 1.54) is 5.70 Å². The molecule has 0 saturated carbocycles. The molecule has 0 aromatic heterocycles. The maximum Gasteiger partial charge on any atom is 0.0463 e. The molecule has 0 unspecified atom stereocenters. The first-order chi connectivity index (χ1) is 15.6. The summed E-state index contributed by atoms with van der Waals surface area (Å²) >= 11 is 0. The zero-order chi connectivity index (χ0) is 23.9. The molecule has 0 saturated heterocycles. The Balaban J connectivity index is 0.00000249. The number of anilines is 3. The van der Waals surface area contributed by atoms with E-state index in [2.05, 4.69) is 85.9 Å². The first kappa shape index (κ1) is 26.5. The highest BCUT2D eigenvalue weighted by Crippen LogP contribution is 2.33. The van der Waals surface area contributed by atoms with E-state index in [0.717, 1.165) is 34.9 Å². The predicted octanol–water partition coefficient (Wildman–Crippen LogP) is 9.32. The number of allylic oxidation sites excluding steroid dienone is 7. The van der Waals surface area contributed by atoms with Crippen molar-refractivity contribution in [2.45, 2.75) is 41.0 Å². The van der Waals surface area contributed by atoms with Crippen LogP contribution in [0, 0.1) is 0 Å². The number of nitrogens with zero attached hydrogens (tertiary/aromatic N) is 2. The molecular formula is C30H38N2. The average molecular weight is 427 g/mol. The second-order valence-corrected chi connectivity index (χ2v) is 6.68. The molecule has 2 heteroatoms. The van der Waals surface area contributed by atoms with Crippen molar-refractivity contribution in [3.63, 3.8) is 0 Å². The summed E-state index contributed by atoms with van der Waals surface area (Å²) in [4.78, 5) is 4.37. The molecule has 2 aromatic carbocycles. The van der Waals surface area contributed by atoms with Crippen molar-refractivity contribution in [3.05, 3.63) is 128 Å². The van der Waals surface area contributed by atoms with Gasteiger partial charge in [0.05, 0.1) is 0 Å². The minimum absolute atomic E-state index is 0.924. The fourth-order valence-corrected chi connectivity index (χ4v) is 3.40. The smallest absolute Gasteiger partial charge is 0.0463 e. The molecule has 2 aromatic rings. The highest BCUT2D eigenvalue weighted by molar-refractivity contribution is 5.73. The van der Waals surface area contributed by atoms with Gasteiger partial charge >= 0.3 is 0 Å². The molecule has 0 bridgehead atoms. The summed E-state index contributed by atoms with van der Waals surface area (Å²) in [5, 5.41) is 0. The molecule has 0 atom stereocenters. The third kappa shape index (κ3) is 6.75. The standard InChI is InChI=1S/C28H32N2.C2H6/c1-7-15-23(6)29(24(9-3)10-4)27-19-21-28(22-20-27)30(25(11-5)16-8-2)26-17-13-12-14-18-26;1-2/h7-9,11-22H,2,5-6,10H2,1,3-4H3;1-2H3/b15-7-,24-9+,25-16+;. The summed E-state index contributed by atoms with van der Waals surface area (Å²) in [6.07, 6.45) is 12.7. The predicted molar refractivity (Wildman–Crippen MR) is 145 cm³/mol. The van der Waals surface area contributed by atoms with E-state index < -0.39 is 0 Å². The summed E-state index contributed by atoms with van der Waals surface area (Å²) < 4.78 is 0. The van der Waals surface area contributed by atoms with Crippen LogP contribution in [-0.4, -0.2) is 0 Å². The Morgan fingerprint density at radius 1 is 0.875 bits per heavy atom. The largest absolute Gasteiger partial charge is 0.315 e. The maximum absolute atomic E-state index is 4.26. The average Bonchev–Trinajstić information content (AvgIpc) is 2.84. The fraction of sp³-hybridized carbons (Fsp3) is 0.200. The van der Waals surface area contributed by atoms with Crippen molar-refractivity contribution in [1.29, 1.82) is 0 Å². The van der Waals surface area contributed by atoms with Crippen molar-refractivity contribution >= 4 is 17.1 Å². The van der Waals surface area contributed by atoms with E-state index >= 15 is 0 Å². The van der Waals surface area contributed by atoms with Gasteiger partial charge in [0.1, 0.15) is 0 Å². The molecular weight excluding hydrogens is 388 g/mol. The van der Waals surface area contributed by atoms with E-state index in [-0.39, 0.29) is 0 Å². The summed E-state index contributed by atoms with van der Waals surface area (Å²) in [7, 11) is 0. The Labute approximate surface area is 195 Å². The molecule has 0 aliphatic rings. The van der Waals surface area contributed by atoms with Crippen molar-refractivity contribution in [2.24, 2.45) is 0 Å². The molecule has 0 heterocycles. The third-order valence-corrected chi connectivity index (χ3v) is 4.77. The molecule has 0 radical (unpaired) electrons. The van der Waals surface area contributed by atoms with Gasteiger partial charge in [-0.25, -0.2) is 0 Å². The lowest BCUT2D eigenvalue weighted by Crippen LogP contribution is -2.20. The van der Waals surface area contributed by atoms with Gasteiger partial charge in [0, 0.05) is 34.2 Å². The lowest BCUT2D eigenvalue weighted by Gasteiger charge is -2.29. The Bertz CT molecular complexity index is 944. The summed E-state index contributed by atoms with van der Waals surface area (Å²) in [6, 6.07) is 18.8. The van der Waals surface area contributed by atoms with Gasteiger partial charge in [0.25, 0.3) is 0 Å². The van der Waals surface area contributed by atoms with Crippen molar-refractivity contribution in [1.82, 2.24) is 0 Å². The van der Waals surface area contributed by atoms with Crippen LogP contribution in [0.3, 0.4) is 0 Å². The monoisotopic (exact) mass is 426 g/mol. The van der Waals surface area contributed by atoms with Crippen LogP contribution in [0.15, 0.2) is 128 Å². The normalized spacial score (nSPS) is 11.4. The van der Waals surface area contributed by atoms with Crippen LogP contribution in [0.1, 0.15) is 41.0 Å². The van der Waals surface area contributed by atoms with Crippen LogP contribution in [0.2, 0.25) is 0 Å². The number of rotatable bonds is 10. The number of hydrogen-bond acceptors (Lipinski definition) is 2. The second-order valence-electron chi connectivity index (χ2n) is 6.68. The molecule has 2 rings (SSSR count). The van der Waals surface area contributed by atoms with Crippen LogP contribution in [0.25, 0.3) is 0 Å². The highest BCUT2D eigenvalue weighted by atomic mass is 15.2. The molecule has 0 aliphatic carbocycles. The molecule has 2 nitrogen and oxygen atoms in total. The quantitative estimate of drug-likeness (QED) is 0.349. The van der Waals surface area contributed by atoms with Crippen molar-refractivity contribution in [3.8, 4) is 0 Å². The van der Waals surface area contributed by atoms with Gasteiger partial charge in [0.2, 0.25) is 0 Å². The SMILES string of the molecule is C=C/C=C(\C=C)N(c1ccccc1)c1ccc(N(C(=C)/C=C\C)/C(=C/C)CC)cc1.CC. The highest BCUT2D eigenvalue weighted by Gasteiger charge is 2.15. The molecule has 0 fully saturated rings. The molecule has 32 heavy (non-hydrogen) atoms. The lowest BCUT2D eigenvalue weighted by atomic mass is 10.1.